The first-order valence-electron chi connectivity index (χ1n) is 8.04. The van der Waals surface area contributed by atoms with Gasteiger partial charge in [0.05, 0.1) is 10.6 Å². The van der Waals surface area contributed by atoms with Gasteiger partial charge in [0, 0.05) is 6.07 Å². The Hall–Kier alpha value is -3.32. The zero-order chi connectivity index (χ0) is 19.6. The molecule has 3 aromatic rings. The number of carbonyl (C=O) groups is 1. The lowest BCUT2D eigenvalue weighted by Crippen LogP contribution is -2.14. The van der Waals surface area contributed by atoms with Crippen molar-refractivity contribution in [2.75, 3.05) is 4.72 Å². The van der Waals surface area contributed by atoms with Crippen LogP contribution in [0.3, 0.4) is 0 Å². The maximum Gasteiger partial charge on any atom is 0.339 e. The molecule has 0 aliphatic rings. The van der Waals surface area contributed by atoms with Crippen LogP contribution in [0.15, 0.2) is 71.6 Å². The molecule has 0 atom stereocenters. The Bertz CT molecular complexity index is 1110. The molecule has 0 radical (unpaired) electrons. The van der Waals surface area contributed by atoms with Gasteiger partial charge in [-0.05, 0) is 41.8 Å². The van der Waals surface area contributed by atoms with E-state index in [1.165, 1.54) is 12.1 Å². The lowest BCUT2D eigenvalue weighted by atomic mass is 10.0. The number of benzene rings is 3. The van der Waals surface area contributed by atoms with Gasteiger partial charge in [0.1, 0.15) is 11.3 Å². The predicted octanol–water partition coefficient (Wildman–Crippen LogP) is 3.87. The van der Waals surface area contributed by atoms with Gasteiger partial charge in [0.15, 0.2) is 0 Å². The van der Waals surface area contributed by atoms with Crippen molar-refractivity contribution in [1.29, 1.82) is 0 Å². The highest BCUT2D eigenvalue weighted by Crippen LogP contribution is 2.30. The average molecular weight is 383 g/mol. The Morgan fingerprint density at radius 3 is 2.30 bits per heavy atom. The highest BCUT2D eigenvalue weighted by molar-refractivity contribution is 7.92. The minimum atomic E-state index is -3.93. The number of aromatic hydroxyl groups is 1. The molecule has 0 saturated carbocycles. The summed E-state index contributed by atoms with van der Waals surface area (Å²) in [5.41, 5.74) is 2.04. The van der Waals surface area contributed by atoms with Crippen LogP contribution < -0.4 is 4.72 Å². The number of carboxylic acids is 1. The van der Waals surface area contributed by atoms with Gasteiger partial charge in [-0.3, -0.25) is 4.72 Å². The van der Waals surface area contributed by atoms with Crippen molar-refractivity contribution in [2.45, 2.75) is 11.8 Å². The second kappa shape index (κ2) is 7.13. The molecule has 0 saturated heterocycles. The van der Waals surface area contributed by atoms with Crippen molar-refractivity contribution in [1.82, 2.24) is 0 Å². The van der Waals surface area contributed by atoms with E-state index in [1.54, 1.807) is 13.0 Å². The van der Waals surface area contributed by atoms with Crippen LogP contribution in [0.4, 0.5) is 5.69 Å². The number of aromatic carboxylic acids is 1. The number of phenols is 1. The third-order valence-corrected chi connectivity index (χ3v) is 5.66. The normalized spacial score (nSPS) is 11.1. The van der Waals surface area contributed by atoms with Crippen LogP contribution in [-0.4, -0.2) is 24.6 Å². The van der Waals surface area contributed by atoms with E-state index >= 15 is 0 Å². The fourth-order valence-electron chi connectivity index (χ4n) is 2.82. The van der Waals surface area contributed by atoms with Crippen molar-refractivity contribution in [3.63, 3.8) is 0 Å². The number of carboxylic acid groups (broad SMARTS) is 1. The summed E-state index contributed by atoms with van der Waals surface area (Å²) < 4.78 is 28.0. The van der Waals surface area contributed by atoms with E-state index in [-0.39, 0.29) is 16.1 Å². The van der Waals surface area contributed by atoms with E-state index < -0.39 is 21.7 Å². The molecule has 0 unspecified atom stereocenters. The van der Waals surface area contributed by atoms with Crippen molar-refractivity contribution >= 4 is 21.7 Å². The number of sulfonamides is 1. The average Bonchev–Trinajstić information content (AvgIpc) is 2.62. The summed E-state index contributed by atoms with van der Waals surface area (Å²) in [5.74, 6) is -1.81. The van der Waals surface area contributed by atoms with Gasteiger partial charge in [-0.25, -0.2) is 13.2 Å². The third-order valence-electron chi connectivity index (χ3n) is 4.14. The molecule has 0 fully saturated rings. The van der Waals surface area contributed by atoms with Crippen molar-refractivity contribution in [3.05, 3.63) is 77.9 Å². The molecule has 0 bridgehead atoms. The van der Waals surface area contributed by atoms with E-state index in [2.05, 4.69) is 4.72 Å². The van der Waals surface area contributed by atoms with Gasteiger partial charge in [-0.2, -0.15) is 0 Å². The van der Waals surface area contributed by atoms with Gasteiger partial charge in [0.25, 0.3) is 10.0 Å². The van der Waals surface area contributed by atoms with Gasteiger partial charge >= 0.3 is 5.97 Å². The van der Waals surface area contributed by atoms with E-state index in [0.29, 0.717) is 5.56 Å². The number of hydrogen-bond acceptors (Lipinski definition) is 4. The zero-order valence-electron chi connectivity index (χ0n) is 14.4. The van der Waals surface area contributed by atoms with Crippen LogP contribution in [0.5, 0.6) is 5.75 Å². The molecule has 0 aromatic heterocycles. The number of anilines is 1. The van der Waals surface area contributed by atoms with Crippen molar-refractivity contribution < 1.29 is 23.4 Å². The highest BCUT2D eigenvalue weighted by atomic mass is 32.2. The molecule has 0 spiro atoms. The van der Waals surface area contributed by atoms with E-state index in [4.69, 9.17) is 5.11 Å². The molecule has 6 nitrogen and oxygen atoms in total. The number of rotatable bonds is 5. The zero-order valence-corrected chi connectivity index (χ0v) is 15.2. The Balaban J connectivity index is 1.99. The molecule has 0 amide bonds. The second-order valence-electron chi connectivity index (χ2n) is 5.94. The highest BCUT2D eigenvalue weighted by Gasteiger charge is 2.20. The van der Waals surface area contributed by atoms with Crippen LogP contribution in [0.25, 0.3) is 11.1 Å². The van der Waals surface area contributed by atoms with Gasteiger partial charge in [-0.1, -0.05) is 42.5 Å². The summed E-state index contributed by atoms with van der Waals surface area (Å²) >= 11 is 0. The minimum Gasteiger partial charge on any atom is -0.507 e. The van der Waals surface area contributed by atoms with Crippen LogP contribution in [0.2, 0.25) is 0 Å². The molecule has 0 aliphatic carbocycles. The lowest BCUT2D eigenvalue weighted by Gasteiger charge is -2.14. The Kier molecular flexibility index (Phi) is 4.87. The molecular formula is C20H17NO5S. The first-order chi connectivity index (χ1) is 12.8. The summed E-state index contributed by atoms with van der Waals surface area (Å²) in [6.07, 6.45) is 0. The molecule has 0 aliphatic heterocycles. The first-order valence-corrected chi connectivity index (χ1v) is 9.52. The molecule has 27 heavy (non-hydrogen) atoms. The maximum atomic E-state index is 12.8. The van der Waals surface area contributed by atoms with E-state index in [1.807, 2.05) is 36.4 Å². The number of hydrogen-bond donors (Lipinski definition) is 3. The Morgan fingerprint density at radius 2 is 1.67 bits per heavy atom. The summed E-state index contributed by atoms with van der Waals surface area (Å²) in [4.78, 5) is 11.1. The quantitative estimate of drug-likeness (QED) is 0.620. The Labute approximate surface area is 156 Å². The molecule has 3 N–H and O–H groups in total. The molecule has 138 valence electrons. The molecule has 3 rings (SSSR count). The molecule has 7 heteroatoms. The topological polar surface area (TPSA) is 104 Å². The van der Waals surface area contributed by atoms with Crippen molar-refractivity contribution in [2.24, 2.45) is 0 Å². The SMILES string of the molecule is Cc1c(-c2ccccc2)cccc1S(=O)(=O)Nc1ccc(C(=O)O)c(O)c1. The summed E-state index contributed by atoms with van der Waals surface area (Å²) in [6, 6.07) is 17.9. The third kappa shape index (κ3) is 3.78. The van der Waals surface area contributed by atoms with Crippen LogP contribution in [0, 0.1) is 6.92 Å². The minimum absolute atomic E-state index is 0.0713. The van der Waals surface area contributed by atoms with Gasteiger partial charge < -0.3 is 10.2 Å². The van der Waals surface area contributed by atoms with E-state index in [9.17, 15) is 18.3 Å². The molecular weight excluding hydrogens is 366 g/mol. The van der Waals surface area contributed by atoms with Crippen LogP contribution in [0.1, 0.15) is 15.9 Å². The Morgan fingerprint density at radius 1 is 0.963 bits per heavy atom. The molecule has 3 aromatic carbocycles. The van der Waals surface area contributed by atoms with Gasteiger partial charge in [-0.15, -0.1) is 0 Å². The first kappa shape index (κ1) is 18.5. The fraction of sp³-hybridized carbons (Fsp3) is 0.0500. The smallest absolute Gasteiger partial charge is 0.339 e. The maximum absolute atomic E-state index is 12.8. The molecule has 0 heterocycles. The summed E-state index contributed by atoms with van der Waals surface area (Å²) in [5, 5.41) is 18.7. The van der Waals surface area contributed by atoms with E-state index in [0.717, 1.165) is 23.3 Å². The monoisotopic (exact) mass is 383 g/mol. The second-order valence-corrected chi connectivity index (χ2v) is 7.59. The summed E-state index contributed by atoms with van der Waals surface area (Å²) in [7, 11) is -3.93. The van der Waals surface area contributed by atoms with Crippen LogP contribution in [-0.2, 0) is 10.0 Å². The lowest BCUT2D eigenvalue weighted by molar-refractivity contribution is 0.0694. The van der Waals surface area contributed by atoms with Gasteiger partial charge in [0.2, 0.25) is 0 Å². The largest absolute Gasteiger partial charge is 0.507 e. The van der Waals surface area contributed by atoms with Crippen LogP contribution >= 0.6 is 0 Å². The summed E-state index contributed by atoms with van der Waals surface area (Å²) in [6.45, 7) is 1.72. The standard InChI is InChI=1S/C20H17NO5S/c1-13-16(14-6-3-2-4-7-14)8-5-9-19(13)27(25,26)21-15-10-11-17(20(23)24)18(22)12-15/h2-12,21-22H,1H3,(H,23,24). The fourth-order valence-corrected chi connectivity index (χ4v) is 4.14. The predicted molar refractivity (Wildman–Crippen MR) is 102 cm³/mol. The van der Waals surface area contributed by atoms with Crippen molar-refractivity contribution in [3.8, 4) is 16.9 Å². The number of nitrogens with one attached hydrogen (secondary N) is 1.